The third-order valence-corrected chi connectivity index (χ3v) is 6.67. The van der Waals surface area contributed by atoms with Crippen molar-refractivity contribution in [1.82, 2.24) is 4.90 Å². The molecule has 2 aromatic rings. The molecule has 0 aliphatic carbocycles. The van der Waals surface area contributed by atoms with Gasteiger partial charge in [0, 0.05) is 24.3 Å². The average molecular weight is 401 g/mol. The Morgan fingerprint density at radius 2 is 1.75 bits per heavy atom. The molecule has 1 aliphatic heterocycles. The standard InChI is InChI=1S/C22H28N2O3S/c1-15-6-5-9-24(14-15)22(25)19-8-7-18(4)21(13-19)28(26,27)23-20-11-16(2)10-17(3)12-20/h7-8,10-13,15,23H,5-6,9,14H2,1-4H3/t15-/m1/s1. The first-order valence-corrected chi connectivity index (χ1v) is 11.1. The minimum atomic E-state index is -3.80. The lowest BCUT2D eigenvalue weighted by atomic mass is 9.99. The van der Waals surface area contributed by atoms with Gasteiger partial charge in [0.25, 0.3) is 15.9 Å². The van der Waals surface area contributed by atoms with E-state index < -0.39 is 10.0 Å². The highest BCUT2D eigenvalue weighted by Crippen LogP contribution is 2.24. The van der Waals surface area contributed by atoms with Gasteiger partial charge in [-0.1, -0.05) is 19.1 Å². The monoisotopic (exact) mass is 400 g/mol. The highest BCUT2D eigenvalue weighted by molar-refractivity contribution is 7.92. The summed E-state index contributed by atoms with van der Waals surface area (Å²) >= 11 is 0. The molecule has 1 heterocycles. The summed E-state index contributed by atoms with van der Waals surface area (Å²) in [5, 5.41) is 0. The van der Waals surface area contributed by atoms with Crippen molar-refractivity contribution in [2.45, 2.75) is 45.4 Å². The van der Waals surface area contributed by atoms with Crippen LogP contribution in [0.25, 0.3) is 0 Å². The first-order valence-electron chi connectivity index (χ1n) is 9.67. The molecule has 1 fully saturated rings. The fourth-order valence-corrected chi connectivity index (χ4v) is 5.13. The van der Waals surface area contributed by atoms with Crippen LogP contribution in [0.15, 0.2) is 41.3 Å². The molecule has 3 rings (SSSR count). The largest absolute Gasteiger partial charge is 0.338 e. The second-order valence-corrected chi connectivity index (χ2v) is 9.61. The summed E-state index contributed by atoms with van der Waals surface area (Å²) in [4.78, 5) is 14.9. The highest BCUT2D eigenvalue weighted by Gasteiger charge is 2.24. The lowest BCUT2D eigenvalue weighted by molar-refractivity contribution is 0.0683. The van der Waals surface area contributed by atoms with Crippen molar-refractivity contribution < 1.29 is 13.2 Å². The molecule has 1 aliphatic rings. The Bertz CT molecular complexity index is 979. The van der Waals surface area contributed by atoms with E-state index in [1.165, 1.54) is 6.07 Å². The van der Waals surface area contributed by atoms with Crippen molar-refractivity contribution in [3.05, 3.63) is 58.7 Å². The summed E-state index contributed by atoms with van der Waals surface area (Å²) in [6, 6.07) is 10.5. The van der Waals surface area contributed by atoms with Crippen molar-refractivity contribution in [2.75, 3.05) is 17.8 Å². The maximum Gasteiger partial charge on any atom is 0.262 e. The van der Waals surface area contributed by atoms with Crippen LogP contribution in [-0.2, 0) is 10.0 Å². The van der Waals surface area contributed by atoms with Crippen molar-refractivity contribution in [1.29, 1.82) is 0 Å². The summed E-state index contributed by atoms with van der Waals surface area (Å²) in [6.07, 6.45) is 2.11. The summed E-state index contributed by atoms with van der Waals surface area (Å²) in [5.74, 6) is 0.368. The zero-order valence-electron chi connectivity index (χ0n) is 17.0. The van der Waals surface area contributed by atoms with Crippen LogP contribution in [0.2, 0.25) is 0 Å². The molecule has 150 valence electrons. The number of hydrogen-bond donors (Lipinski definition) is 1. The Labute approximate surface area is 167 Å². The Morgan fingerprint density at radius 1 is 1.07 bits per heavy atom. The zero-order chi connectivity index (χ0) is 20.5. The predicted molar refractivity (Wildman–Crippen MR) is 112 cm³/mol. The number of nitrogens with zero attached hydrogens (tertiary/aromatic N) is 1. The van der Waals surface area contributed by atoms with Crippen LogP contribution in [0.1, 0.15) is 46.8 Å². The fraction of sp³-hybridized carbons (Fsp3) is 0.409. The number of likely N-dealkylation sites (tertiary alicyclic amines) is 1. The molecule has 1 amide bonds. The second kappa shape index (κ2) is 7.95. The molecular weight excluding hydrogens is 372 g/mol. The number of carbonyl (C=O) groups excluding carboxylic acids is 1. The Kier molecular flexibility index (Phi) is 5.79. The number of piperidine rings is 1. The molecular formula is C22H28N2O3S. The number of aryl methyl sites for hydroxylation is 3. The normalized spacial score (nSPS) is 17.4. The number of sulfonamides is 1. The average Bonchev–Trinajstić information content (AvgIpc) is 2.60. The molecule has 2 aromatic carbocycles. The number of carbonyl (C=O) groups is 1. The topological polar surface area (TPSA) is 66.5 Å². The Morgan fingerprint density at radius 3 is 2.39 bits per heavy atom. The van der Waals surface area contributed by atoms with E-state index in [-0.39, 0.29) is 10.8 Å². The predicted octanol–water partition coefficient (Wildman–Crippen LogP) is 4.28. The van der Waals surface area contributed by atoms with Crippen LogP contribution in [0, 0.1) is 26.7 Å². The van der Waals surface area contributed by atoms with Crippen LogP contribution < -0.4 is 4.72 Å². The van der Waals surface area contributed by atoms with Gasteiger partial charge in [0.1, 0.15) is 0 Å². The van der Waals surface area contributed by atoms with Gasteiger partial charge in [0.05, 0.1) is 4.90 Å². The summed E-state index contributed by atoms with van der Waals surface area (Å²) < 4.78 is 28.7. The number of nitrogens with one attached hydrogen (secondary N) is 1. The van der Waals surface area contributed by atoms with Gasteiger partial charge >= 0.3 is 0 Å². The lowest BCUT2D eigenvalue weighted by Gasteiger charge is -2.31. The third-order valence-electron chi connectivity index (χ3n) is 5.14. The molecule has 6 heteroatoms. The zero-order valence-corrected chi connectivity index (χ0v) is 17.8. The molecule has 1 atom stereocenters. The Hall–Kier alpha value is -2.34. The van der Waals surface area contributed by atoms with Crippen LogP contribution in [0.4, 0.5) is 5.69 Å². The maximum atomic E-state index is 13.0. The molecule has 1 N–H and O–H groups in total. The minimum Gasteiger partial charge on any atom is -0.338 e. The van der Waals surface area contributed by atoms with Crippen LogP contribution >= 0.6 is 0 Å². The molecule has 0 unspecified atom stereocenters. The molecule has 0 aromatic heterocycles. The van der Waals surface area contributed by atoms with Gasteiger partial charge < -0.3 is 4.90 Å². The lowest BCUT2D eigenvalue weighted by Crippen LogP contribution is -2.39. The minimum absolute atomic E-state index is 0.102. The highest BCUT2D eigenvalue weighted by atomic mass is 32.2. The quantitative estimate of drug-likeness (QED) is 0.833. The van der Waals surface area contributed by atoms with Gasteiger partial charge in [0.2, 0.25) is 0 Å². The first kappa shape index (κ1) is 20.4. The maximum absolute atomic E-state index is 13.0. The molecule has 28 heavy (non-hydrogen) atoms. The van der Waals surface area contributed by atoms with Crippen molar-refractivity contribution in [3.8, 4) is 0 Å². The molecule has 0 radical (unpaired) electrons. The van der Waals surface area contributed by atoms with Gasteiger partial charge in [-0.25, -0.2) is 8.42 Å². The van der Waals surface area contributed by atoms with E-state index in [1.807, 2.05) is 24.8 Å². The fourth-order valence-electron chi connectivity index (χ4n) is 3.82. The van der Waals surface area contributed by atoms with Crippen LogP contribution in [0.5, 0.6) is 0 Å². The van der Waals surface area contributed by atoms with Crippen molar-refractivity contribution in [2.24, 2.45) is 5.92 Å². The summed E-state index contributed by atoms with van der Waals surface area (Å²) in [7, 11) is -3.80. The number of hydrogen-bond acceptors (Lipinski definition) is 3. The van der Waals surface area contributed by atoms with Crippen molar-refractivity contribution >= 4 is 21.6 Å². The Balaban J connectivity index is 1.90. The first-order chi connectivity index (χ1) is 13.2. The molecule has 0 bridgehead atoms. The molecule has 5 nitrogen and oxygen atoms in total. The molecule has 0 saturated carbocycles. The van der Waals surface area contributed by atoms with Gasteiger partial charge in [-0.3, -0.25) is 9.52 Å². The summed E-state index contributed by atoms with van der Waals surface area (Å²) in [6.45, 7) is 9.17. The van der Waals surface area contributed by atoms with Crippen LogP contribution in [-0.4, -0.2) is 32.3 Å². The van der Waals surface area contributed by atoms with E-state index in [0.29, 0.717) is 22.7 Å². The molecule has 0 spiro atoms. The number of rotatable bonds is 4. The smallest absolute Gasteiger partial charge is 0.262 e. The number of amides is 1. The van der Waals surface area contributed by atoms with E-state index in [0.717, 1.165) is 37.1 Å². The number of anilines is 1. The van der Waals surface area contributed by atoms with Crippen molar-refractivity contribution in [3.63, 3.8) is 0 Å². The van der Waals surface area contributed by atoms with Gasteiger partial charge in [0.15, 0.2) is 0 Å². The van der Waals surface area contributed by atoms with E-state index >= 15 is 0 Å². The third kappa shape index (κ3) is 4.55. The SMILES string of the molecule is Cc1cc(C)cc(NS(=O)(=O)c2cc(C(=O)N3CCC[C@@H](C)C3)ccc2C)c1. The van der Waals surface area contributed by atoms with E-state index in [9.17, 15) is 13.2 Å². The van der Waals surface area contributed by atoms with E-state index in [4.69, 9.17) is 0 Å². The van der Waals surface area contributed by atoms with Gasteiger partial charge in [-0.2, -0.15) is 0 Å². The van der Waals surface area contributed by atoms with Gasteiger partial charge in [-0.15, -0.1) is 0 Å². The summed E-state index contributed by atoms with van der Waals surface area (Å²) in [5.41, 5.74) is 3.52. The second-order valence-electron chi connectivity index (χ2n) is 7.96. The van der Waals surface area contributed by atoms with E-state index in [2.05, 4.69) is 11.6 Å². The number of benzene rings is 2. The molecule has 1 saturated heterocycles. The van der Waals surface area contributed by atoms with Crippen LogP contribution in [0.3, 0.4) is 0 Å². The van der Waals surface area contributed by atoms with E-state index in [1.54, 1.807) is 31.2 Å². The van der Waals surface area contributed by atoms with Gasteiger partial charge in [-0.05, 0) is 80.5 Å².